The molecule has 0 unspecified atom stereocenters. The number of oxime groups is 1. The molecule has 1 aromatic heterocycles. The maximum Gasteiger partial charge on any atom is 0.209 e. The predicted molar refractivity (Wildman–Crippen MR) is 64.1 cm³/mol. The van der Waals surface area contributed by atoms with Crippen molar-refractivity contribution < 1.29 is 5.21 Å². The second-order valence-electron chi connectivity index (χ2n) is 4.03. The zero-order chi connectivity index (χ0) is 12.1. The average molecular weight is 256 g/mol. The molecule has 1 heterocycles. The molecule has 1 aromatic rings. The molecular weight excluding hydrogens is 240 g/mol. The zero-order valence-corrected chi connectivity index (χ0v) is 10.3. The number of thioether (sulfide) groups is 1. The first-order valence-electron chi connectivity index (χ1n) is 5.68. The van der Waals surface area contributed by atoms with Gasteiger partial charge in [0, 0.05) is 12.2 Å². The smallest absolute Gasteiger partial charge is 0.209 e. The van der Waals surface area contributed by atoms with Gasteiger partial charge in [0.15, 0.2) is 0 Å². The van der Waals surface area contributed by atoms with Crippen LogP contribution >= 0.6 is 11.8 Å². The van der Waals surface area contributed by atoms with Gasteiger partial charge in [0.05, 0.1) is 6.04 Å². The van der Waals surface area contributed by atoms with E-state index in [-0.39, 0.29) is 5.84 Å². The van der Waals surface area contributed by atoms with Crippen LogP contribution in [0.5, 0.6) is 0 Å². The lowest BCUT2D eigenvalue weighted by molar-refractivity contribution is 0.317. The summed E-state index contributed by atoms with van der Waals surface area (Å²) in [5.41, 5.74) is 5.40. The standard InChI is InChI=1S/C9H16N6OS/c10-8(12-16)5-6-17-9-11-13-14-15(9)7-3-1-2-4-7/h7,16H,1-6H2,(H2,10,12). The molecule has 2 rings (SSSR count). The van der Waals surface area contributed by atoms with Crippen molar-refractivity contribution in [3.05, 3.63) is 0 Å². The summed E-state index contributed by atoms with van der Waals surface area (Å²) in [5, 5.41) is 23.9. The molecule has 3 N–H and O–H groups in total. The largest absolute Gasteiger partial charge is 0.409 e. The van der Waals surface area contributed by atoms with Gasteiger partial charge in [0.1, 0.15) is 5.84 Å². The summed E-state index contributed by atoms with van der Waals surface area (Å²) in [6.07, 6.45) is 5.33. The van der Waals surface area contributed by atoms with Crippen LogP contribution in [0.2, 0.25) is 0 Å². The highest BCUT2D eigenvalue weighted by Gasteiger charge is 2.21. The highest BCUT2D eigenvalue weighted by atomic mass is 32.2. The summed E-state index contributed by atoms with van der Waals surface area (Å²) in [6, 6.07) is 0.441. The first-order chi connectivity index (χ1) is 8.31. The molecule has 0 bridgehead atoms. The topological polar surface area (TPSA) is 102 Å². The predicted octanol–water partition coefficient (Wildman–Crippen LogP) is 1.02. The number of tetrazole rings is 1. The monoisotopic (exact) mass is 256 g/mol. The lowest BCUT2D eigenvalue weighted by Gasteiger charge is -2.10. The molecule has 1 saturated carbocycles. The van der Waals surface area contributed by atoms with Crippen LogP contribution < -0.4 is 5.73 Å². The molecule has 0 atom stereocenters. The van der Waals surface area contributed by atoms with Crippen LogP contribution in [0.3, 0.4) is 0 Å². The molecule has 0 amide bonds. The fraction of sp³-hybridized carbons (Fsp3) is 0.778. The minimum Gasteiger partial charge on any atom is -0.409 e. The summed E-state index contributed by atoms with van der Waals surface area (Å²) < 4.78 is 1.91. The van der Waals surface area contributed by atoms with E-state index >= 15 is 0 Å². The fourth-order valence-corrected chi connectivity index (χ4v) is 2.86. The Kier molecular flexibility index (Phi) is 4.18. The number of nitrogens with two attached hydrogens (primary N) is 1. The third-order valence-electron chi connectivity index (χ3n) is 2.85. The second kappa shape index (κ2) is 5.85. The molecular formula is C9H16N6OS. The van der Waals surface area contributed by atoms with Crippen molar-refractivity contribution in [2.45, 2.75) is 43.3 Å². The van der Waals surface area contributed by atoms with Gasteiger partial charge >= 0.3 is 0 Å². The Labute approximate surface area is 103 Å². The molecule has 1 fully saturated rings. The number of hydrogen-bond donors (Lipinski definition) is 2. The Morgan fingerprint density at radius 2 is 2.29 bits per heavy atom. The van der Waals surface area contributed by atoms with E-state index in [2.05, 4.69) is 20.7 Å². The van der Waals surface area contributed by atoms with Gasteiger partial charge in [0.2, 0.25) is 5.16 Å². The van der Waals surface area contributed by atoms with E-state index < -0.39 is 0 Å². The Bertz CT molecular complexity index is 387. The molecule has 1 aliphatic rings. The maximum atomic E-state index is 8.43. The van der Waals surface area contributed by atoms with Crippen LogP contribution in [-0.4, -0.2) is 37.0 Å². The van der Waals surface area contributed by atoms with Crippen molar-refractivity contribution in [2.75, 3.05) is 5.75 Å². The van der Waals surface area contributed by atoms with E-state index in [0.717, 1.165) is 18.0 Å². The van der Waals surface area contributed by atoms with Gasteiger partial charge in [-0.3, -0.25) is 0 Å². The summed E-state index contributed by atoms with van der Waals surface area (Å²) in [7, 11) is 0. The Morgan fingerprint density at radius 3 is 3.00 bits per heavy atom. The van der Waals surface area contributed by atoms with Gasteiger partial charge < -0.3 is 10.9 Å². The third kappa shape index (κ3) is 3.09. The summed E-state index contributed by atoms with van der Waals surface area (Å²) in [4.78, 5) is 0. The SMILES string of the molecule is N/C(CCSc1nnnn1C1CCCC1)=N\O. The van der Waals surface area contributed by atoms with E-state index in [1.165, 1.54) is 24.6 Å². The van der Waals surface area contributed by atoms with Crippen LogP contribution in [0.1, 0.15) is 38.1 Å². The molecule has 0 radical (unpaired) electrons. The van der Waals surface area contributed by atoms with Crippen molar-refractivity contribution in [1.29, 1.82) is 0 Å². The van der Waals surface area contributed by atoms with Crippen LogP contribution in [0, 0.1) is 0 Å². The summed E-state index contributed by atoms with van der Waals surface area (Å²) in [5.74, 6) is 0.945. The first-order valence-corrected chi connectivity index (χ1v) is 6.67. The second-order valence-corrected chi connectivity index (χ2v) is 5.10. The van der Waals surface area contributed by atoms with E-state index in [0.29, 0.717) is 18.2 Å². The molecule has 0 aliphatic heterocycles. The number of aromatic nitrogens is 4. The van der Waals surface area contributed by atoms with E-state index in [1.54, 1.807) is 0 Å². The normalized spacial score (nSPS) is 17.8. The van der Waals surface area contributed by atoms with Gasteiger partial charge in [-0.2, -0.15) is 0 Å². The zero-order valence-electron chi connectivity index (χ0n) is 9.49. The van der Waals surface area contributed by atoms with Gasteiger partial charge in [0.25, 0.3) is 0 Å². The fourth-order valence-electron chi connectivity index (χ4n) is 1.96. The quantitative estimate of drug-likeness (QED) is 0.268. The van der Waals surface area contributed by atoms with Crippen molar-refractivity contribution in [2.24, 2.45) is 10.9 Å². The van der Waals surface area contributed by atoms with E-state index in [1.807, 2.05) is 4.68 Å². The van der Waals surface area contributed by atoms with Crippen molar-refractivity contribution >= 4 is 17.6 Å². The van der Waals surface area contributed by atoms with Crippen molar-refractivity contribution in [3.63, 3.8) is 0 Å². The lowest BCUT2D eigenvalue weighted by atomic mass is 10.3. The summed E-state index contributed by atoms with van der Waals surface area (Å²) in [6.45, 7) is 0. The molecule has 0 saturated heterocycles. The van der Waals surface area contributed by atoms with Crippen LogP contribution in [-0.2, 0) is 0 Å². The molecule has 17 heavy (non-hydrogen) atoms. The average Bonchev–Trinajstić information content (AvgIpc) is 2.98. The minimum absolute atomic E-state index is 0.234. The van der Waals surface area contributed by atoms with Gasteiger partial charge in [-0.25, -0.2) is 4.68 Å². The number of nitrogens with zero attached hydrogens (tertiary/aromatic N) is 5. The van der Waals surface area contributed by atoms with Crippen LogP contribution in [0.25, 0.3) is 0 Å². The van der Waals surface area contributed by atoms with Gasteiger partial charge in [-0.15, -0.1) is 5.10 Å². The molecule has 0 spiro atoms. The minimum atomic E-state index is 0.234. The molecule has 7 nitrogen and oxygen atoms in total. The lowest BCUT2D eigenvalue weighted by Crippen LogP contribution is -2.13. The molecule has 94 valence electrons. The number of amidine groups is 1. The molecule has 1 aliphatic carbocycles. The number of rotatable bonds is 5. The highest BCUT2D eigenvalue weighted by Crippen LogP contribution is 2.31. The summed E-state index contributed by atoms with van der Waals surface area (Å²) >= 11 is 1.54. The molecule has 0 aromatic carbocycles. The van der Waals surface area contributed by atoms with E-state index in [9.17, 15) is 0 Å². The Morgan fingerprint density at radius 1 is 1.53 bits per heavy atom. The van der Waals surface area contributed by atoms with Crippen molar-refractivity contribution in [3.8, 4) is 0 Å². The first kappa shape index (κ1) is 12.2. The van der Waals surface area contributed by atoms with Crippen molar-refractivity contribution in [1.82, 2.24) is 20.2 Å². The van der Waals surface area contributed by atoms with Crippen LogP contribution in [0.15, 0.2) is 10.3 Å². The van der Waals surface area contributed by atoms with Gasteiger partial charge in [-0.1, -0.05) is 29.8 Å². The van der Waals surface area contributed by atoms with Crippen LogP contribution in [0.4, 0.5) is 0 Å². The Balaban J connectivity index is 1.90. The number of hydrogen-bond acceptors (Lipinski definition) is 6. The Hall–Kier alpha value is -1.31. The van der Waals surface area contributed by atoms with E-state index in [4.69, 9.17) is 10.9 Å². The maximum absolute atomic E-state index is 8.43. The molecule has 8 heteroatoms. The van der Waals surface area contributed by atoms with Gasteiger partial charge in [-0.05, 0) is 23.3 Å². The highest BCUT2D eigenvalue weighted by molar-refractivity contribution is 7.99. The third-order valence-corrected chi connectivity index (χ3v) is 3.79.